The van der Waals surface area contributed by atoms with E-state index in [1.165, 1.54) is 11.2 Å². The van der Waals surface area contributed by atoms with Gasteiger partial charge in [-0.15, -0.1) is 0 Å². The lowest BCUT2D eigenvalue weighted by atomic mass is 9.79. The zero-order valence-electron chi connectivity index (χ0n) is 20.2. The summed E-state index contributed by atoms with van der Waals surface area (Å²) in [6.07, 6.45) is 11.2. The molecule has 0 saturated heterocycles. The summed E-state index contributed by atoms with van der Waals surface area (Å²) in [6.45, 7) is 1.97. The maximum absolute atomic E-state index is 9.37. The summed E-state index contributed by atoms with van der Waals surface area (Å²) in [5.41, 5.74) is 9.26. The molecule has 0 amide bonds. The third-order valence-corrected chi connectivity index (χ3v) is 6.61. The van der Waals surface area contributed by atoms with Crippen molar-refractivity contribution in [2.45, 2.75) is 45.1 Å². The van der Waals surface area contributed by atoms with Crippen LogP contribution < -0.4 is 21.9 Å². The second-order valence-electron chi connectivity index (χ2n) is 9.13. The van der Waals surface area contributed by atoms with Crippen LogP contribution in [-0.4, -0.2) is 37.5 Å². The second kappa shape index (κ2) is 11.0. The number of allylic oxidation sites excluding steroid dienone is 1. The normalized spacial score (nSPS) is 18.9. The highest BCUT2D eigenvalue weighted by Gasteiger charge is 2.23. The van der Waals surface area contributed by atoms with Gasteiger partial charge >= 0.3 is 0 Å². The Kier molecular flexibility index (Phi) is 7.64. The first-order chi connectivity index (χ1) is 17.4. The number of nitrogens with one attached hydrogen (secondary N) is 1. The standard InChI is InChI=1S/C25H30N10O/c1-16(10-26)33-22-9-24(35-25-20(13-32-35)8-18(11-27)12-31-25)30-14-23(22)34(29)15-21(28)19-4-2-17(3-5-19)6-7-36/h8-9,12-17,19,36H,2-7,28-29H2,1H3,(H,30,33)/b21-15-/t16-,17?,19?/m1/s1. The van der Waals surface area contributed by atoms with E-state index in [1.54, 1.807) is 42.3 Å². The first-order valence-electron chi connectivity index (χ1n) is 12.0. The van der Waals surface area contributed by atoms with Gasteiger partial charge in [0, 0.05) is 36.2 Å². The third-order valence-electron chi connectivity index (χ3n) is 6.61. The van der Waals surface area contributed by atoms with Crippen LogP contribution in [0.5, 0.6) is 0 Å². The summed E-state index contributed by atoms with van der Waals surface area (Å²) in [7, 11) is 0. The van der Waals surface area contributed by atoms with Crippen molar-refractivity contribution in [3.05, 3.63) is 48.2 Å². The number of nitrogens with zero attached hydrogens (tertiary/aromatic N) is 7. The molecule has 0 bridgehead atoms. The van der Waals surface area contributed by atoms with Gasteiger partial charge in [0.05, 0.1) is 35.4 Å². The highest BCUT2D eigenvalue weighted by molar-refractivity contribution is 5.78. The minimum atomic E-state index is -0.485. The number of hydrogen-bond donors (Lipinski definition) is 4. The average molecular weight is 487 g/mol. The number of aliphatic hydroxyl groups excluding tert-OH is 1. The topological polar surface area (TPSA) is 179 Å². The predicted octanol–water partition coefficient (Wildman–Crippen LogP) is 2.68. The van der Waals surface area contributed by atoms with Gasteiger partial charge in [-0.2, -0.15) is 20.3 Å². The van der Waals surface area contributed by atoms with Crippen molar-refractivity contribution in [3.8, 4) is 18.0 Å². The fourth-order valence-electron chi connectivity index (χ4n) is 4.59. The van der Waals surface area contributed by atoms with E-state index in [4.69, 9.17) is 16.8 Å². The Labute approximate surface area is 209 Å². The predicted molar refractivity (Wildman–Crippen MR) is 136 cm³/mol. The van der Waals surface area contributed by atoms with Gasteiger partial charge in [-0.25, -0.2) is 15.8 Å². The Balaban J connectivity index is 1.62. The Bertz CT molecular complexity index is 1330. The second-order valence-corrected chi connectivity index (χ2v) is 9.13. The lowest BCUT2D eigenvalue weighted by molar-refractivity contribution is 0.214. The van der Waals surface area contributed by atoms with Gasteiger partial charge in [-0.05, 0) is 56.9 Å². The molecule has 1 fully saturated rings. The molecule has 1 atom stereocenters. The van der Waals surface area contributed by atoms with Gasteiger partial charge in [0.1, 0.15) is 12.1 Å². The van der Waals surface area contributed by atoms with E-state index in [2.05, 4.69) is 32.5 Å². The smallest absolute Gasteiger partial charge is 0.164 e. The van der Waals surface area contributed by atoms with Crippen molar-refractivity contribution < 1.29 is 5.11 Å². The van der Waals surface area contributed by atoms with Crippen LogP contribution in [0.3, 0.4) is 0 Å². The van der Waals surface area contributed by atoms with E-state index in [-0.39, 0.29) is 12.5 Å². The van der Waals surface area contributed by atoms with Crippen LogP contribution in [0, 0.1) is 34.5 Å². The lowest BCUT2D eigenvalue weighted by Crippen LogP contribution is -2.30. The van der Waals surface area contributed by atoms with E-state index < -0.39 is 6.04 Å². The van der Waals surface area contributed by atoms with Crippen LogP contribution in [0.1, 0.15) is 44.6 Å². The SMILES string of the molecule is C[C@H](C#N)Nc1cc(-n2ncc3cc(C#N)cnc32)ncc1N(N)/C=C(\N)C1CCC(CCO)CC1. The summed E-state index contributed by atoms with van der Waals surface area (Å²) in [5, 5.41) is 37.4. The maximum atomic E-state index is 9.37. The number of hydrazine groups is 1. The summed E-state index contributed by atoms with van der Waals surface area (Å²) < 4.78 is 1.57. The molecule has 4 rings (SSSR count). The van der Waals surface area contributed by atoms with Gasteiger partial charge in [0.15, 0.2) is 11.5 Å². The molecule has 3 aromatic heterocycles. The van der Waals surface area contributed by atoms with Crippen LogP contribution in [-0.2, 0) is 0 Å². The zero-order chi connectivity index (χ0) is 25.7. The van der Waals surface area contributed by atoms with E-state index in [1.807, 2.05) is 0 Å². The van der Waals surface area contributed by atoms with E-state index in [9.17, 15) is 10.4 Å². The van der Waals surface area contributed by atoms with E-state index >= 15 is 0 Å². The van der Waals surface area contributed by atoms with Crippen LogP contribution in [0.2, 0.25) is 0 Å². The molecule has 0 radical (unpaired) electrons. The molecule has 1 aliphatic rings. The summed E-state index contributed by atoms with van der Waals surface area (Å²) in [5.74, 6) is 7.66. The number of fused-ring (bicyclic) bond motifs is 1. The molecule has 3 heterocycles. The summed E-state index contributed by atoms with van der Waals surface area (Å²) in [6, 6.07) is 7.22. The Morgan fingerprint density at radius 3 is 2.72 bits per heavy atom. The molecule has 186 valence electrons. The molecular formula is C25H30N10O. The van der Waals surface area contributed by atoms with Gasteiger partial charge in [0.25, 0.3) is 0 Å². The molecule has 1 aliphatic carbocycles. The zero-order valence-corrected chi connectivity index (χ0v) is 20.2. The minimum Gasteiger partial charge on any atom is -0.401 e. The van der Waals surface area contributed by atoms with Crippen molar-refractivity contribution in [2.24, 2.45) is 23.4 Å². The van der Waals surface area contributed by atoms with Crippen LogP contribution >= 0.6 is 0 Å². The molecule has 0 aromatic carbocycles. The average Bonchev–Trinajstić information content (AvgIpc) is 3.32. The first kappa shape index (κ1) is 24.9. The molecule has 0 spiro atoms. The Hall–Kier alpha value is -4.19. The van der Waals surface area contributed by atoms with Crippen molar-refractivity contribution in [2.75, 3.05) is 16.9 Å². The highest BCUT2D eigenvalue weighted by Crippen LogP contribution is 2.34. The molecule has 3 aromatic rings. The van der Waals surface area contributed by atoms with Gasteiger partial charge in [-0.1, -0.05) is 0 Å². The number of hydrogen-bond acceptors (Lipinski definition) is 10. The fourth-order valence-corrected chi connectivity index (χ4v) is 4.59. The number of pyridine rings is 2. The molecule has 11 heteroatoms. The number of nitrogens with two attached hydrogens (primary N) is 2. The maximum Gasteiger partial charge on any atom is 0.164 e. The van der Waals surface area contributed by atoms with Crippen LogP contribution in [0.4, 0.5) is 11.4 Å². The summed E-state index contributed by atoms with van der Waals surface area (Å²) in [4.78, 5) is 8.89. The number of anilines is 2. The van der Waals surface area contributed by atoms with Crippen molar-refractivity contribution >= 4 is 22.4 Å². The van der Waals surface area contributed by atoms with Crippen LogP contribution in [0.15, 0.2) is 42.6 Å². The number of nitriles is 2. The first-order valence-corrected chi connectivity index (χ1v) is 12.0. The van der Waals surface area contributed by atoms with Gasteiger partial charge < -0.3 is 16.2 Å². The fraction of sp³-hybridized carbons (Fsp3) is 0.400. The number of aromatic nitrogens is 4. The van der Waals surface area contributed by atoms with E-state index in [0.717, 1.165) is 32.1 Å². The molecule has 11 nitrogen and oxygen atoms in total. The Morgan fingerprint density at radius 1 is 1.25 bits per heavy atom. The molecular weight excluding hydrogens is 456 g/mol. The number of aliphatic hydroxyl groups is 1. The molecule has 6 N–H and O–H groups in total. The molecule has 36 heavy (non-hydrogen) atoms. The van der Waals surface area contributed by atoms with Gasteiger partial charge in [0.2, 0.25) is 0 Å². The van der Waals surface area contributed by atoms with Gasteiger partial charge in [-0.3, -0.25) is 5.01 Å². The molecule has 0 aliphatic heterocycles. The molecule has 1 saturated carbocycles. The van der Waals surface area contributed by atoms with Crippen molar-refractivity contribution in [1.82, 2.24) is 19.7 Å². The summed E-state index contributed by atoms with van der Waals surface area (Å²) >= 11 is 0. The molecule has 0 unspecified atom stereocenters. The quantitative estimate of drug-likeness (QED) is 0.273. The van der Waals surface area contributed by atoms with Crippen LogP contribution in [0.25, 0.3) is 16.9 Å². The highest BCUT2D eigenvalue weighted by atomic mass is 16.3. The Morgan fingerprint density at radius 2 is 2.03 bits per heavy atom. The monoisotopic (exact) mass is 486 g/mol. The van der Waals surface area contributed by atoms with Crippen molar-refractivity contribution in [1.29, 1.82) is 10.5 Å². The third kappa shape index (κ3) is 5.38. The van der Waals surface area contributed by atoms with E-state index in [0.29, 0.717) is 45.4 Å². The lowest BCUT2D eigenvalue weighted by Gasteiger charge is -2.29. The van der Waals surface area contributed by atoms with Crippen molar-refractivity contribution in [3.63, 3.8) is 0 Å². The minimum absolute atomic E-state index is 0.225. The number of rotatable bonds is 8. The largest absolute Gasteiger partial charge is 0.401 e.